The van der Waals surface area contributed by atoms with Crippen LogP contribution in [0.5, 0.6) is 5.75 Å². The Labute approximate surface area is 217 Å². The number of nitro groups is 1. The van der Waals surface area contributed by atoms with Crippen molar-refractivity contribution >= 4 is 51.3 Å². The molecule has 0 unspecified atom stereocenters. The molecule has 12 heteroatoms. The zero-order chi connectivity index (χ0) is 25.9. The molecule has 1 aliphatic rings. The Morgan fingerprint density at radius 3 is 2.46 bits per heavy atom. The highest BCUT2D eigenvalue weighted by Gasteiger charge is 2.24. The van der Waals surface area contributed by atoms with Crippen LogP contribution in [-0.4, -0.2) is 51.1 Å². The van der Waals surface area contributed by atoms with Gasteiger partial charge in [0.05, 0.1) is 17.7 Å². The largest absolute Gasteiger partial charge is 0.497 e. The summed E-state index contributed by atoms with van der Waals surface area (Å²) in [5, 5.41) is 26.2. The molecule has 3 aromatic carbocycles. The van der Waals surface area contributed by atoms with E-state index in [4.69, 9.17) is 17.0 Å². The fourth-order valence-electron chi connectivity index (χ4n) is 4.20. The Balaban J connectivity index is 1.27. The maximum atomic E-state index is 12.8. The molecule has 1 fully saturated rings. The van der Waals surface area contributed by atoms with E-state index < -0.39 is 10.8 Å². The summed E-state index contributed by atoms with van der Waals surface area (Å²) in [4.78, 5) is 27.4. The number of carbonyl (C=O) groups is 1. The van der Waals surface area contributed by atoms with Crippen LogP contribution in [0, 0.1) is 10.1 Å². The van der Waals surface area contributed by atoms with Gasteiger partial charge >= 0.3 is 0 Å². The van der Waals surface area contributed by atoms with Crippen molar-refractivity contribution in [3.63, 3.8) is 0 Å². The van der Waals surface area contributed by atoms with Crippen LogP contribution in [0.15, 0.2) is 60.7 Å². The topological polar surface area (TPSA) is 127 Å². The number of nitrogens with one attached hydrogen (secondary N) is 2. The third-order valence-electron chi connectivity index (χ3n) is 6.05. The molecule has 0 saturated carbocycles. The van der Waals surface area contributed by atoms with Crippen LogP contribution in [0.4, 0.5) is 17.1 Å². The Bertz CT molecular complexity index is 1500. The summed E-state index contributed by atoms with van der Waals surface area (Å²) in [6.45, 7) is 1.52. The highest BCUT2D eigenvalue weighted by atomic mass is 32.1. The molecular formula is C25H23N7O4S. The minimum atomic E-state index is -0.542. The smallest absolute Gasteiger partial charge is 0.293 e. The lowest BCUT2D eigenvalue weighted by Crippen LogP contribution is -2.34. The van der Waals surface area contributed by atoms with E-state index in [0.717, 1.165) is 37.4 Å². The van der Waals surface area contributed by atoms with Crippen molar-refractivity contribution < 1.29 is 14.5 Å². The number of carbonyl (C=O) groups excluding carboxylic acids is 1. The number of rotatable bonds is 6. The Hall–Kier alpha value is -4.58. The van der Waals surface area contributed by atoms with Crippen LogP contribution < -0.4 is 20.3 Å². The predicted molar refractivity (Wildman–Crippen MR) is 144 cm³/mol. The number of hydrogen-bond donors (Lipinski definition) is 2. The minimum Gasteiger partial charge on any atom is -0.497 e. The third kappa shape index (κ3) is 5.19. The second-order valence-corrected chi connectivity index (χ2v) is 8.86. The van der Waals surface area contributed by atoms with Gasteiger partial charge in [-0.2, -0.15) is 4.80 Å². The highest BCUT2D eigenvalue weighted by Crippen LogP contribution is 2.31. The van der Waals surface area contributed by atoms with Crippen molar-refractivity contribution in [2.24, 2.45) is 0 Å². The van der Waals surface area contributed by atoms with E-state index in [9.17, 15) is 14.9 Å². The molecule has 1 amide bonds. The molecule has 0 spiro atoms. The van der Waals surface area contributed by atoms with E-state index in [1.165, 1.54) is 10.9 Å². The van der Waals surface area contributed by atoms with Crippen molar-refractivity contribution in [3.05, 3.63) is 76.3 Å². The summed E-state index contributed by atoms with van der Waals surface area (Å²) < 4.78 is 5.18. The van der Waals surface area contributed by atoms with Crippen LogP contribution in [0.3, 0.4) is 0 Å². The molecule has 0 radical (unpaired) electrons. The minimum absolute atomic E-state index is 0.0539. The van der Waals surface area contributed by atoms with E-state index in [-0.39, 0.29) is 16.4 Å². The number of anilines is 2. The standard InChI is InChI=1S/C25H23N7O4S/c1-36-19-8-6-18(7-9-19)31-28-20-10-5-17(15-21(20)29-31)26-25(37)27-24(33)16-4-11-22(23(14-16)32(34)35)30-12-2-3-13-30/h4-11,14-15H,2-3,12-13H2,1H3,(H2,26,27,33,37). The Kier molecular flexibility index (Phi) is 6.64. The summed E-state index contributed by atoms with van der Waals surface area (Å²) >= 11 is 5.30. The molecule has 188 valence electrons. The number of benzene rings is 3. The number of nitrogens with zero attached hydrogens (tertiary/aromatic N) is 5. The second kappa shape index (κ2) is 10.2. The van der Waals surface area contributed by atoms with Crippen molar-refractivity contribution in [1.82, 2.24) is 20.3 Å². The molecule has 2 N–H and O–H groups in total. The highest BCUT2D eigenvalue weighted by molar-refractivity contribution is 7.80. The van der Waals surface area contributed by atoms with Crippen molar-refractivity contribution in [2.45, 2.75) is 12.8 Å². The third-order valence-corrected chi connectivity index (χ3v) is 6.25. The van der Waals surface area contributed by atoms with Crippen molar-refractivity contribution in [2.75, 3.05) is 30.4 Å². The zero-order valence-electron chi connectivity index (χ0n) is 19.9. The Morgan fingerprint density at radius 2 is 1.76 bits per heavy atom. The summed E-state index contributed by atoms with van der Waals surface area (Å²) in [5.41, 5.74) is 3.27. The van der Waals surface area contributed by atoms with Crippen LogP contribution in [0.1, 0.15) is 23.2 Å². The summed E-state index contributed by atoms with van der Waals surface area (Å²) in [6, 6.07) is 17.1. The maximum absolute atomic E-state index is 12.8. The summed E-state index contributed by atoms with van der Waals surface area (Å²) in [5.74, 6) is 0.194. The summed E-state index contributed by atoms with van der Waals surface area (Å²) in [7, 11) is 1.60. The zero-order valence-corrected chi connectivity index (χ0v) is 20.7. The molecule has 5 rings (SSSR count). The number of hydrogen-bond acceptors (Lipinski definition) is 8. The molecule has 1 aliphatic heterocycles. The number of amides is 1. The van der Waals surface area contributed by atoms with E-state index >= 15 is 0 Å². The van der Waals surface area contributed by atoms with Crippen molar-refractivity contribution in [3.8, 4) is 11.4 Å². The normalized spacial score (nSPS) is 12.9. The SMILES string of the molecule is COc1ccc(-n2nc3ccc(NC(=S)NC(=O)c4ccc(N5CCCC5)c([N+](=O)[O-])c4)cc3n2)cc1. The second-order valence-electron chi connectivity index (χ2n) is 8.45. The van der Waals surface area contributed by atoms with Gasteiger partial charge in [0, 0.05) is 30.4 Å². The van der Waals surface area contributed by atoms with E-state index in [0.29, 0.717) is 22.4 Å². The molecule has 2 heterocycles. The number of nitro benzene ring substituents is 1. The first-order chi connectivity index (χ1) is 17.9. The van der Waals surface area contributed by atoms with Crippen LogP contribution in [0.2, 0.25) is 0 Å². The lowest BCUT2D eigenvalue weighted by atomic mass is 10.1. The van der Waals surface area contributed by atoms with Gasteiger partial charge in [0.25, 0.3) is 11.6 Å². The van der Waals surface area contributed by atoms with E-state index in [2.05, 4.69) is 20.8 Å². The van der Waals surface area contributed by atoms with E-state index in [1.54, 1.807) is 37.4 Å². The molecule has 37 heavy (non-hydrogen) atoms. The first-order valence-electron chi connectivity index (χ1n) is 11.6. The molecule has 0 aliphatic carbocycles. The van der Waals surface area contributed by atoms with E-state index in [1.807, 2.05) is 29.2 Å². The molecule has 1 saturated heterocycles. The number of aromatic nitrogens is 3. The average Bonchev–Trinajstić information content (AvgIpc) is 3.58. The van der Waals surface area contributed by atoms with Crippen LogP contribution in [0.25, 0.3) is 16.7 Å². The maximum Gasteiger partial charge on any atom is 0.293 e. The van der Waals surface area contributed by atoms with Gasteiger partial charge in [-0.05, 0) is 79.7 Å². The van der Waals surface area contributed by atoms with Gasteiger partial charge in [0.2, 0.25) is 0 Å². The molecule has 0 atom stereocenters. The first-order valence-corrected chi connectivity index (χ1v) is 12.0. The van der Waals surface area contributed by atoms with Gasteiger partial charge in [-0.15, -0.1) is 10.2 Å². The Morgan fingerprint density at radius 1 is 1.03 bits per heavy atom. The molecule has 1 aromatic heterocycles. The number of ether oxygens (including phenoxy) is 1. The van der Waals surface area contributed by atoms with Gasteiger partial charge in [0.1, 0.15) is 22.5 Å². The van der Waals surface area contributed by atoms with Gasteiger partial charge in [-0.1, -0.05) is 0 Å². The first kappa shape index (κ1) is 24.1. The number of thiocarbonyl (C=S) groups is 1. The molecule has 0 bridgehead atoms. The fraction of sp³-hybridized carbons (Fsp3) is 0.200. The van der Waals surface area contributed by atoms with Crippen LogP contribution >= 0.6 is 12.2 Å². The van der Waals surface area contributed by atoms with Gasteiger partial charge in [-0.25, -0.2) is 0 Å². The number of methoxy groups -OCH3 is 1. The average molecular weight is 518 g/mol. The number of fused-ring (bicyclic) bond motifs is 1. The lowest BCUT2D eigenvalue weighted by molar-refractivity contribution is -0.384. The van der Waals surface area contributed by atoms with Crippen molar-refractivity contribution in [1.29, 1.82) is 0 Å². The fourth-order valence-corrected chi connectivity index (χ4v) is 4.41. The predicted octanol–water partition coefficient (Wildman–Crippen LogP) is 4.06. The summed E-state index contributed by atoms with van der Waals surface area (Å²) in [6.07, 6.45) is 1.98. The lowest BCUT2D eigenvalue weighted by Gasteiger charge is -2.18. The van der Waals surface area contributed by atoms with Gasteiger partial charge < -0.3 is 15.0 Å². The molecule has 4 aromatic rings. The van der Waals surface area contributed by atoms with Gasteiger partial charge in [-0.3, -0.25) is 20.2 Å². The van der Waals surface area contributed by atoms with Gasteiger partial charge in [0.15, 0.2) is 5.11 Å². The molecule has 11 nitrogen and oxygen atoms in total. The molecular weight excluding hydrogens is 494 g/mol. The monoisotopic (exact) mass is 517 g/mol. The quantitative estimate of drug-likeness (QED) is 0.221. The van der Waals surface area contributed by atoms with Crippen LogP contribution in [-0.2, 0) is 0 Å².